The van der Waals surface area contributed by atoms with E-state index in [1.54, 1.807) is 0 Å². The molecule has 2 N–H and O–H groups in total. The number of hydrogen-bond donors (Lipinski definition) is 2. The van der Waals surface area contributed by atoms with Crippen LogP contribution in [0.5, 0.6) is 0 Å². The van der Waals surface area contributed by atoms with E-state index >= 15 is 0 Å². The SMILES string of the molecule is CC(C)(C)Nc1ccc(CNC2CC2)nn1. The summed E-state index contributed by atoms with van der Waals surface area (Å²) in [7, 11) is 0. The van der Waals surface area contributed by atoms with Gasteiger partial charge in [0, 0.05) is 18.1 Å². The normalized spacial score (nSPS) is 16.2. The highest BCUT2D eigenvalue weighted by atomic mass is 15.2. The maximum Gasteiger partial charge on any atom is 0.149 e. The van der Waals surface area contributed by atoms with E-state index in [0.29, 0.717) is 6.04 Å². The van der Waals surface area contributed by atoms with Crippen molar-refractivity contribution in [1.29, 1.82) is 0 Å². The van der Waals surface area contributed by atoms with E-state index in [9.17, 15) is 0 Å². The fourth-order valence-electron chi connectivity index (χ4n) is 1.44. The Hall–Kier alpha value is -1.16. The zero-order chi connectivity index (χ0) is 11.6. The summed E-state index contributed by atoms with van der Waals surface area (Å²) >= 11 is 0. The molecular formula is C12H20N4. The van der Waals surface area contributed by atoms with Gasteiger partial charge < -0.3 is 10.6 Å². The van der Waals surface area contributed by atoms with Crippen molar-refractivity contribution >= 4 is 5.82 Å². The van der Waals surface area contributed by atoms with E-state index < -0.39 is 0 Å². The van der Waals surface area contributed by atoms with Crippen molar-refractivity contribution in [3.05, 3.63) is 17.8 Å². The molecule has 1 heterocycles. The van der Waals surface area contributed by atoms with Gasteiger partial charge in [-0.3, -0.25) is 0 Å². The van der Waals surface area contributed by atoms with Crippen molar-refractivity contribution in [2.45, 2.75) is 51.7 Å². The van der Waals surface area contributed by atoms with E-state index in [1.165, 1.54) is 12.8 Å². The molecule has 0 aromatic carbocycles. The average Bonchev–Trinajstić information content (AvgIpc) is 2.98. The van der Waals surface area contributed by atoms with Gasteiger partial charge in [0.25, 0.3) is 0 Å². The van der Waals surface area contributed by atoms with Crippen LogP contribution in [0.2, 0.25) is 0 Å². The van der Waals surface area contributed by atoms with Crippen LogP contribution >= 0.6 is 0 Å². The molecule has 16 heavy (non-hydrogen) atoms. The molecule has 4 nitrogen and oxygen atoms in total. The van der Waals surface area contributed by atoms with Crippen LogP contribution in [0.15, 0.2) is 12.1 Å². The number of aromatic nitrogens is 2. The summed E-state index contributed by atoms with van der Waals surface area (Å²) in [5, 5.41) is 15.1. The lowest BCUT2D eigenvalue weighted by atomic mass is 10.1. The maximum atomic E-state index is 4.19. The van der Waals surface area contributed by atoms with Crippen LogP contribution in [0, 0.1) is 0 Å². The van der Waals surface area contributed by atoms with Crippen LogP contribution in [-0.2, 0) is 6.54 Å². The van der Waals surface area contributed by atoms with Gasteiger partial charge in [0.1, 0.15) is 5.82 Å². The van der Waals surface area contributed by atoms with Crippen molar-refractivity contribution < 1.29 is 0 Å². The van der Waals surface area contributed by atoms with E-state index in [2.05, 4.69) is 41.6 Å². The molecule has 4 heteroatoms. The molecule has 1 aromatic rings. The second kappa shape index (κ2) is 4.37. The molecule has 0 saturated heterocycles. The smallest absolute Gasteiger partial charge is 0.149 e. The maximum absolute atomic E-state index is 4.19. The molecule has 2 rings (SSSR count). The quantitative estimate of drug-likeness (QED) is 0.814. The second-order valence-electron chi connectivity index (χ2n) is 5.44. The van der Waals surface area contributed by atoms with Crippen LogP contribution in [0.25, 0.3) is 0 Å². The van der Waals surface area contributed by atoms with Gasteiger partial charge in [0.15, 0.2) is 0 Å². The lowest BCUT2D eigenvalue weighted by Crippen LogP contribution is -2.27. The first-order valence-corrected chi connectivity index (χ1v) is 5.87. The van der Waals surface area contributed by atoms with Gasteiger partial charge in [-0.15, -0.1) is 5.10 Å². The van der Waals surface area contributed by atoms with E-state index in [-0.39, 0.29) is 5.54 Å². The Balaban J connectivity index is 1.87. The molecule has 0 bridgehead atoms. The van der Waals surface area contributed by atoms with Crippen molar-refractivity contribution in [2.75, 3.05) is 5.32 Å². The van der Waals surface area contributed by atoms with E-state index in [0.717, 1.165) is 18.1 Å². The van der Waals surface area contributed by atoms with Gasteiger partial charge in [0.05, 0.1) is 5.69 Å². The number of rotatable bonds is 4. The molecule has 0 unspecified atom stereocenters. The molecular weight excluding hydrogens is 200 g/mol. The van der Waals surface area contributed by atoms with E-state index in [4.69, 9.17) is 0 Å². The molecule has 1 fully saturated rings. The number of hydrogen-bond acceptors (Lipinski definition) is 4. The summed E-state index contributed by atoms with van der Waals surface area (Å²) in [5.74, 6) is 0.836. The highest BCUT2D eigenvalue weighted by molar-refractivity contribution is 5.35. The largest absolute Gasteiger partial charge is 0.364 e. The van der Waals surface area contributed by atoms with Gasteiger partial charge in [-0.2, -0.15) is 5.10 Å². The van der Waals surface area contributed by atoms with Crippen LogP contribution in [-0.4, -0.2) is 21.8 Å². The van der Waals surface area contributed by atoms with Crippen LogP contribution in [0.3, 0.4) is 0 Å². The van der Waals surface area contributed by atoms with E-state index in [1.807, 2.05) is 12.1 Å². The number of anilines is 1. The van der Waals surface area contributed by atoms with Crippen molar-refractivity contribution in [2.24, 2.45) is 0 Å². The van der Waals surface area contributed by atoms with Crippen molar-refractivity contribution in [3.63, 3.8) is 0 Å². The lowest BCUT2D eigenvalue weighted by Gasteiger charge is -2.20. The van der Waals surface area contributed by atoms with Crippen molar-refractivity contribution in [1.82, 2.24) is 15.5 Å². The van der Waals surface area contributed by atoms with Gasteiger partial charge in [-0.05, 0) is 45.7 Å². The van der Waals surface area contributed by atoms with Gasteiger partial charge >= 0.3 is 0 Å². The number of nitrogens with one attached hydrogen (secondary N) is 2. The molecule has 0 spiro atoms. The summed E-state index contributed by atoms with van der Waals surface area (Å²) in [6.45, 7) is 7.15. The average molecular weight is 220 g/mol. The highest BCUT2D eigenvalue weighted by Gasteiger charge is 2.20. The molecule has 1 aliphatic carbocycles. The first kappa shape index (κ1) is 11.3. The van der Waals surface area contributed by atoms with Gasteiger partial charge in [0.2, 0.25) is 0 Å². The Morgan fingerprint density at radius 3 is 2.50 bits per heavy atom. The van der Waals surface area contributed by atoms with Gasteiger partial charge in [-0.1, -0.05) is 0 Å². The molecule has 0 atom stereocenters. The predicted octanol–water partition coefficient (Wildman–Crippen LogP) is 1.94. The second-order valence-corrected chi connectivity index (χ2v) is 5.44. The Labute approximate surface area is 96.9 Å². The summed E-state index contributed by atoms with van der Waals surface area (Å²) in [4.78, 5) is 0. The third-order valence-corrected chi connectivity index (χ3v) is 2.37. The molecule has 0 aliphatic heterocycles. The van der Waals surface area contributed by atoms with Crippen molar-refractivity contribution in [3.8, 4) is 0 Å². The number of nitrogens with zero attached hydrogens (tertiary/aromatic N) is 2. The minimum Gasteiger partial charge on any atom is -0.364 e. The summed E-state index contributed by atoms with van der Waals surface area (Å²) < 4.78 is 0. The molecule has 88 valence electrons. The highest BCUT2D eigenvalue weighted by Crippen LogP contribution is 2.19. The predicted molar refractivity (Wildman–Crippen MR) is 65.3 cm³/mol. The summed E-state index contributed by atoms with van der Waals surface area (Å²) in [5.41, 5.74) is 1.04. The van der Waals surface area contributed by atoms with Gasteiger partial charge in [-0.25, -0.2) is 0 Å². The molecule has 1 aliphatic rings. The first-order valence-electron chi connectivity index (χ1n) is 5.87. The topological polar surface area (TPSA) is 49.8 Å². The minimum atomic E-state index is 0.0302. The zero-order valence-electron chi connectivity index (χ0n) is 10.2. The minimum absolute atomic E-state index is 0.0302. The Morgan fingerprint density at radius 1 is 1.25 bits per heavy atom. The molecule has 0 radical (unpaired) electrons. The fourth-order valence-corrected chi connectivity index (χ4v) is 1.44. The first-order chi connectivity index (χ1) is 7.53. The third-order valence-electron chi connectivity index (χ3n) is 2.37. The fraction of sp³-hybridized carbons (Fsp3) is 0.667. The lowest BCUT2D eigenvalue weighted by molar-refractivity contribution is 0.624. The summed E-state index contributed by atoms with van der Waals surface area (Å²) in [6.07, 6.45) is 2.61. The zero-order valence-corrected chi connectivity index (χ0v) is 10.2. The Kier molecular flexibility index (Phi) is 3.10. The third kappa shape index (κ3) is 3.77. The van der Waals surface area contributed by atoms with Crippen LogP contribution in [0.4, 0.5) is 5.82 Å². The van der Waals surface area contributed by atoms with Crippen LogP contribution < -0.4 is 10.6 Å². The molecule has 1 saturated carbocycles. The molecule has 1 aromatic heterocycles. The Morgan fingerprint density at radius 2 is 2.00 bits per heavy atom. The summed E-state index contributed by atoms with van der Waals surface area (Å²) in [6, 6.07) is 4.73. The molecule has 0 amide bonds. The van der Waals surface area contributed by atoms with Crippen LogP contribution in [0.1, 0.15) is 39.3 Å². The standard InChI is InChI=1S/C12H20N4/c1-12(2,3)14-11-7-6-10(15-16-11)8-13-9-4-5-9/h6-7,9,13H,4-5,8H2,1-3H3,(H,14,16). The monoisotopic (exact) mass is 220 g/mol. The Bertz CT molecular complexity index is 335.